The molecule has 7 rings (SSSR count). The van der Waals surface area contributed by atoms with Gasteiger partial charge in [-0.05, 0) is 53.8 Å². The molecule has 1 saturated carbocycles. The van der Waals surface area contributed by atoms with Gasteiger partial charge in [0.1, 0.15) is 17.7 Å². The SMILES string of the molecule is N#Cc1ccnc(N2C(=O)CC3c4ccc(F)cc4N([C@]4(C(=O)NC5CC(F)(F)C5)CCc5ccccc54)C(=O)[C@H]32)c1. The average Bonchev–Trinajstić information content (AvgIpc) is 3.51. The maximum Gasteiger partial charge on any atom is 0.252 e. The lowest BCUT2D eigenvalue weighted by Gasteiger charge is -2.48. The fourth-order valence-electron chi connectivity index (χ4n) is 7.08. The summed E-state index contributed by atoms with van der Waals surface area (Å²) in [5, 5.41) is 12.2. The number of amides is 3. The fraction of sp³-hybridized carbons (Fsp3) is 0.323. The third-order valence-electron chi connectivity index (χ3n) is 8.95. The van der Waals surface area contributed by atoms with E-state index in [0.717, 1.165) is 5.56 Å². The zero-order chi connectivity index (χ0) is 29.4. The number of halogens is 3. The summed E-state index contributed by atoms with van der Waals surface area (Å²) in [6, 6.07) is 14.1. The quantitative estimate of drug-likeness (QED) is 0.508. The average molecular weight is 572 g/mol. The first-order chi connectivity index (χ1) is 20.1. The number of fused-ring (bicyclic) bond motifs is 4. The summed E-state index contributed by atoms with van der Waals surface area (Å²) in [6.07, 6.45) is 0.846. The molecule has 3 amide bonds. The normalized spacial score (nSPS) is 25.8. The molecule has 1 saturated heterocycles. The number of nitriles is 1. The maximum atomic E-state index is 14.9. The van der Waals surface area contributed by atoms with Crippen molar-refractivity contribution >= 4 is 29.2 Å². The molecular weight excluding hydrogens is 547 g/mol. The fourth-order valence-corrected chi connectivity index (χ4v) is 7.08. The monoisotopic (exact) mass is 571 g/mol. The number of rotatable bonds is 4. The first-order valence-electron chi connectivity index (χ1n) is 13.7. The van der Waals surface area contributed by atoms with E-state index in [2.05, 4.69) is 10.3 Å². The number of anilines is 2. The zero-order valence-corrected chi connectivity index (χ0v) is 22.2. The molecule has 3 atom stereocenters. The molecule has 1 unspecified atom stereocenters. The van der Waals surface area contributed by atoms with Crippen LogP contribution in [0.3, 0.4) is 0 Å². The number of aryl methyl sites for hydroxylation is 1. The highest BCUT2D eigenvalue weighted by Crippen LogP contribution is 2.53. The van der Waals surface area contributed by atoms with Gasteiger partial charge in [0.15, 0.2) is 5.54 Å². The molecule has 42 heavy (non-hydrogen) atoms. The lowest BCUT2D eigenvalue weighted by atomic mass is 9.79. The Bertz CT molecular complexity index is 1710. The molecule has 8 nitrogen and oxygen atoms in total. The van der Waals surface area contributed by atoms with Gasteiger partial charge in [-0.2, -0.15) is 5.26 Å². The number of hydrogen-bond donors (Lipinski definition) is 1. The maximum absolute atomic E-state index is 14.9. The van der Waals surface area contributed by atoms with E-state index < -0.39 is 65.8 Å². The predicted octanol–water partition coefficient (Wildman–Crippen LogP) is 4.08. The summed E-state index contributed by atoms with van der Waals surface area (Å²) in [6.45, 7) is 0. The van der Waals surface area contributed by atoms with Crippen molar-refractivity contribution in [2.75, 3.05) is 9.80 Å². The minimum Gasteiger partial charge on any atom is -0.351 e. The number of hydrogen-bond acceptors (Lipinski definition) is 5. The molecule has 2 aliphatic heterocycles. The van der Waals surface area contributed by atoms with Crippen LogP contribution in [0.15, 0.2) is 60.8 Å². The van der Waals surface area contributed by atoms with Crippen LogP contribution in [-0.2, 0) is 26.3 Å². The number of benzene rings is 2. The number of aromatic nitrogens is 1. The summed E-state index contributed by atoms with van der Waals surface area (Å²) in [7, 11) is 0. The lowest BCUT2D eigenvalue weighted by Crippen LogP contribution is -2.65. The summed E-state index contributed by atoms with van der Waals surface area (Å²) < 4.78 is 42.3. The molecular formula is C31H24F3N5O3. The molecule has 3 heterocycles. The molecule has 212 valence electrons. The molecule has 1 aromatic heterocycles. The van der Waals surface area contributed by atoms with Gasteiger partial charge in [0, 0.05) is 37.4 Å². The zero-order valence-electron chi connectivity index (χ0n) is 22.2. The van der Waals surface area contributed by atoms with Crippen molar-refractivity contribution in [2.45, 2.75) is 61.6 Å². The van der Waals surface area contributed by atoms with Crippen LogP contribution in [0.1, 0.15) is 53.9 Å². The minimum absolute atomic E-state index is 0.0612. The molecule has 11 heteroatoms. The third kappa shape index (κ3) is 3.74. The van der Waals surface area contributed by atoms with Gasteiger partial charge in [0.2, 0.25) is 5.91 Å². The number of nitrogens with one attached hydrogen (secondary N) is 1. The van der Waals surface area contributed by atoms with Crippen molar-refractivity contribution in [1.29, 1.82) is 5.26 Å². The highest BCUT2D eigenvalue weighted by molar-refractivity contribution is 6.15. The van der Waals surface area contributed by atoms with Crippen molar-refractivity contribution in [3.63, 3.8) is 0 Å². The van der Waals surface area contributed by atoms with Gasteiger partial charge < -0.3 is 5.32 Å². The van der Waals surface area contributed by atoms with Crippen LogP contribution in [0, 0.1) is 17.1 Å². The van der Waals surface area contributed by atoms with E-state index in [-0.39, 0.29) is 29.9 Å². The van der Waals surface area contributed by atoms with Crippen molar-refractivity contribution in [3.05, 3.63) is 88.9 Å². The molecule has 0 bridgehead atoms. The van der Waals surface area contributed by atoms with E-state index in [4.69, 9.17) is 0 Å². The first kappa shape index (κ1) is 26.2. The van der Waals surface area contributed by atoms with E-state index in [0.29, 0.717) is 17.5 Å². The van der Waals surface area contributed by atoms with Crippen LogP contribution >= 0.6 is 0 Å². The Morgan fingerprint density at radius 2 is 1.88 bits per heavy atom. The van der Waals surface area contributed by atoms with Crippen molar-refractivity contribution in [1.82, 2.24) is 10.3 Å². The lowest BCUT2D eigenvalue weighted by molar-refractivity contribution is -0.137. The van der Waals surface area contributed by atoms with E-state index in [1.54, 1.807) is 12.1 Å². The van der Waals surface area contributed by atoms with Gasteiger partial charge in [-0.25, -0.2) is 18.2 Å². The van der Waals surface area contributed by atoms with E-state index in [9.17, 15) is 32.8 Å². The van der Waals surface area contributed by atoms with E-state index in [1.165, 1.54) is 46.3 Å². The van der Waals surface area contributed by atoms with Crippen LogP contribution in [-0.4, -0.2) is 40.7 Å². The topological polar surface area (TPSA) is 106 Å². The van der Waals surface area contributed by atoms with Gasteiger partial charge >= 0.3 is 0 Å². The Hall–Kier alpha value is -4.72. The third-order valence-corrected chi connectivity index (χ3v) is 8.95. The summed E-state index contributed by atoms with van der Waals surface area (Å²) in [4.78, 5) is 49.3. The molecule has 4 aliphatic rings. The molecule has 2 aromatic carbocycles. The second kappa shape index (κ2) is 9.14. The van der Waals surface area contributed by atoms with Crippen LogP contribution in [0.2, 0.25) is 0 Å². The number of carbonyl (C=O) groups excluding carboxylic acids is 3. The van der Waals surface area contributed by atoms with Crippen molar-refractivity contribution < 1.29 is 27.6 Å². The molecule has 3 aromatic rings. The molecule has 2 aliphatic carbocycles. The highest BCUT2D eigenvalue weighted by Gasteiger charge is 2.61. The minimum atomic E-state index is -2.88. The van der Waals surface area contributed by atoms with Crippen LogP contribution in [0.5, 0.6) is 0 Å². The Kier molecular flexibility index (Phi) is 5.70. The van der Waals surface area contributed by atoms with E-state index in [1.807, 2.05) is 18.2 Å². The molecule has 0 spiro atoms. The standard InChI is InChI=1S/C31H24F3N5O3/c32-19-5-6-21-22-13-26(40)38(25-11-17(16-35)8-10-36-25)27(22)28(41)39(24(21)12-19)31(9-7-18-3-1-2-4-23(18)31)29(42)37-20-14-30(33,34)15-20/h1-6,8,10-12,20,22,27H,7,9,13-15H2,(H,37,42)/t22?,27-,31+/m0/s1. The second-order valence-corrected chi connectivity index (χ2v) is 11.4. The highest BCUT2D eigenvalue weighted by atomic mass is 19.3. The summed E-state index contributed by atoms with van der Waals surface area (Å²) in [5.41, 5.74) is 0.584. The summed E-state index contributed by atoms with van der Waals surface area (Å²) >= 11 is 0. The van der Waals surface area contributed by atoms with E-state index >= 15 is 0 Å². The van der Waals surface area contributed by atoms with Crippen LogP contribution in [0.25, 0.3) is 0 Å². The van der Waals surface area contributed by atoms with Gasteiger partial charge in [-0.3, -0.25) is 24.2 Å². The molecule has 0 radical (unpaired) electrons. The Labute approximate surface area is 238 Å². The first-order valence-corrected chi connectivity index (χ1v) is 13.7. The Balaban J connectivity index is 1.41. The molecule has 2 fully saturated rings. The smallest absolute Gasteiger partial charge is 0.252 e. The number of pyridine rings is 1. The van der Waals surface area contributed by atoms with Gasteiger partial charge in [0.05, 0.1) is 17.3 Å². The number of alkyl halides is 2. The van der Waals surface area contributed by atoms with Crippen molar-refractivity contribution in [2.24, 2.45) is 0 Å². The van der Waals surface area contributed by atoms with Gasteiger partial charge in [-0.15, -0.1) is 0 Å². The van der Waals surface area contributed by atoms with Crippen LogP contribution < -0.4 is 15.1 Å². The summed E-state index contributed by atoms with van der Waals surface area (Å²) in [5.74, 6) is -5.69. The number of nitrogens with zero attached hydrogens (tertiary/aromatic N) is 4. The Morgan fingerprint density at radius 1 is 1.10 bits per heavy atom. The van der Waals surface area contributed by atoms with Gasteiger partial charge in [-0.1, -0.05) is 30.3 Å². The second-order valence-electron chi connectivity index (χ2n) is 11.4. The number of carbonyl (C=O) groups is 3. The largest absolute Gasteiger partial charge is 0.351 e. The predicted molar refractivity (Wildman–Crippen MR) is 144 cm³/mol. The Morgan fingerprint density at radius 3 is 2.64 bits per heavy atom. The van der Waals surface area contributed by atoms with Gasteiger partial charge in [0.25, 0.3) is 17.7 Å². The molecule has 1 N–H and O–H groups in total. The van der Waals surface area contributed by atoms with Crippen molar-refractivity contribution in [3.8, 4) is 6.07 Å². The van der Waals surface area contributed by atoms with Crippen LogP contribution in [0.4, 0.5) is 24.7 Å².